The first-order valence-electron chi connectivity index (χ1n) is 9.86. The van der Waals surface area contributed by atoms with Crippen LogP contribution in [-0.2, 0) is 9.59 Å². The lowest BCUT2D eigenvalue weighted by Crippen LogP contribution is -2.34. The Kier molecular flexibility index (Phi) is 5.88. The van der Waals surface area contributed by atoms with Gasteiger partial charge in [0.15, 0.2) is 0 Å². The molecular weight excluding hydrogens is 428 g/mol. The van der Waals surface area contributed by atoms with E-state index < -0.39 is 11.8 Å². The molecule has 0 aromatic heterocycles. The van der Waals surface area contributed by atoms with Gasteiger partial charge >= 0.3 is 0 Å². The van der Waals surface area contributed by atoms with Crippen LogP contribution in [0.25, 0.3) is 5.57 Å². The molecule has 0 fully saturated rings. The van der Waals surface area contributed by atoms with Gasteiger partial charge in [-0.25, -0.2) is 4.90 Å². The Bertz CT molecular complexity index is 1220. The zero-order chi connectivity index (χ0) is 22.8. The Morgan fingerprint density at radius 1 is 0.812 bits per heavy atom. The summed E-state index contributed by atoms with van der Waals surface area (Å²) in [5.41, 5.74) is 2.16. The van der Waals surface area contributed by atoms with Crippen molar-refractivity contribution in [3.63, 3.8) is 0 Å². The standard InChI is InChI=1S/C25H21ClN2O4/c1-27(16-9-5-4-6-10-16)23-22(18-11-7-8-12-20(18)31-2)24(29)28(25(23)30)17-13-14-21(32-3)19(26)15-17/h4-15H,1-3H3. The largest absolute Gasteiger partial charge is 0.496 e. The zero-order valence-corrected chi connectivity index (χ0v) is 18.6. The maximum Gasteiger partial charge on any atom is 0.282 e. The summed E-state index contributed by atoms with van der Waals surface area (Å²) >= 11 is 6.28. The minimum absolute atomic E-state index is 0.248. The number of hydrogen-bond acceptors (Lipinski definition) is 5. The van der Waals surface area contributed by atoms with Gasteiger partial charge in [0.1, 0.15) is 17.2 Å². The molecule has 7 heteroatoms. The van der Waals surface area contributed by atoms with Crippen LogP contribution in [0.5, 0.6) is 11.5 Å². The minimum Gasteiger partial charge on any atom is -0.496 e. The fourth-order valence-electron chi connectivity index (χ4n) is 3.73. The molecule has 3 aromatic carbocycles. The summed E-state index contributed by atoms with van der Waals surface area (Å²) in [6.07, 6.45) is 0. The average molecular weight is 449 g/mol. The maximum absolute atomic E-state index is 13.7. The summed E-state index contributed by atoms with van der Waals surface area (Å²) in [6.45, 7) is 0. The summed E-state index contributed by atoms with van der Waals surface area (Å²) < 4.78 is 10.7. The lowest BCUT2D eigenvalue weighted by molar-refractivity contribution is -0.120. The molecule has 0 radical (unpaired) electrons. The molecule has 6 nitrogen and oxygen atoms in total. The summed E-state index contributed by atoms with van der Waals surface area (Å²) in [5.74, 6) is 0.0354. The topological polar surface area (TPSA) is 59.1 Å². The molecule has 1 aliphatic rings. The van der Waals surface area contributed by atoms with Crippen LogP contribution in [0.15, 0.2) is 78.5 Å². The maximum atomic E-state index is 13.7. The number of carbonyl (C=O) groups excluding carboxylic acids is 2. The van der Waals surface area contributed by atoms with Crippen LogP contribution in [0.3, 0.4) is 0 Å². The summed E-state index contributed by atoms with van der Waals surface area (Å²) in [5, 5.41) is 0.300. The van der Waals surface area contributed by atoms with E-state index in [9.17, 15) is 9.59 Å². The van der Waals surface area contributed by atoms with Gasteiger partial charge in [0.2, 0.25) is 0 Å². The lowest BCUT2D eigenvalue weighted by atomic mass is 10.0. The molecule has 0 saturated heterocycles. The van der Waals surface area contributed by atoms with Gasteiger partial charge in [0.05, 0.1) is 30.5 Å². The molecule has 1 aliphatic heterocycles. The van der Waals surface area contributed by atoms with Crippen LogP contribution in [0.2, 0.25) is 5.02 Å². The van der Waals surface area contributed by atoms with Gasteiger partial charge in [-0.1, -0.05) is 48.0 Å². The van der Waals surface area contributed by atoms with E-state index in [0.717, 1.165) is 10.6 Å². The average Bonchev–Trinajstić information content (AvgIpc) is 3.08. The SMILES string of the molecule is COc1ccc(N2C(=O)C(c3ccccc3OC)=C(N(C)c3ccccc3)C2=O)cc1Cl. The lowest BCUT2D eigenvalue weighted by Gasteiger charge is -2.22. The fourth-order valence-corrected chi connectivity index (χ4v) is 3.98. The van der Waals surface area contributed by atoms with Gasteiger partial charge in [-0.05, 0) is 36.4 Å². The van der Waals surface area contributed by atoms with Crippen LogP contribution >= 0.6 is 11.6 Å². The monoisotopic (exact) mass is 448 g/mol. The first-order valence-corrected chi connectivity index (χ1v) is 10.2. The second-order valence-corrected chi connectivity index (χ2v) is 7.49. The van der Waals surface area contributed by atoms with E-state index in [4.69, 9.17) is 21.1 Å². The number of ether oxygens (including phenoxy) is 2. The van der Waals surface area contributed by atoms with Crippen molar-refractivity contribution in [2.45, 2.75) is 0 Å². The number of nitrogens with zero attached hydrogens (tertiary/aromatic N) is 2. The third kappa shape index (κ3) is 3.59. The molecule has 4 rings (SSSR count). The van der Waals surface area contributed by atoms with Crippen molar-refractivity contribution in [2.75, 3.05) is 31.1 Å². The van der Waals surface area contributed by atoms with E-state index in [1.807, 2.05) is 36.4 Å². The Morgan fingerprint density at radius 3 is 2.12 bits per heavy atom. The highest BCUT2D eigenvalue weighted by atomic mass is 35.5. The summed E-state index contributed by atoms with van der Waals surface area (Å²) in [7, 11) is 4.79. The molecule has 0 bridgehead atoms. The number of likely N-dealkylation sites (N-methyl/N-ethyl adjacent to an activating group) is 1. The molecular formula is C25H21ClN2O4. The number of rotatable bonds is 6. The van der Waals surface area contributed by atoms with Crippen LogP contribution in [-0.4, -0.2) is 33.1 Å². The number of anilines is 2. The van der Waals surface area contributed by atoms with Crippen molar-refractivity contribution < 1.29 is 19.1 Å². The molecule has 0 atom stereocenters. The minimum atomic E-state index is -0.460. The van der Waals surface area contributed by atoms with Crippen molar-refractivity contribution in [1.29, 1.82) is 0 Å². The van der Waals surface area contributed by atoms with Gasteiger partial charge in [-0.3, -0.25) is 9.59 Å². The van der Waals surface area contributed by atoms with Crippen molar-refractivity contribution in [1.82, 2.24) is 0 Å². The van der Waals surface area contributed by atoms with Crippen molar-refractivity contribution in [3.05, 3.63) is 89.1 Å². The number of hydrogen-bond donors (Lipinski definition) is 0. The highest BCUT2D eigenvalue weighted by Gasteiger charge is 2.43. The van der Waals surface area contributed by atoms with Crippen LogP contribution in [0.1, 0.15) is 5.56 Å². The number of amides is 2. The number of methoxy groups -OCH3 is 2. The Hall–Kier alpha value is -3.77. The third-order valence-corrected chi connectivity index (χ3v) is 5.60. The molecule has 0 aliphatic carbocycles. The van der Waals surface area contributed by atoms with Crippen LogP contribution in [0.4, 0.5) is 11.4 Å². The number of benzene rings is 3. The molecule has 3 aromatic rings. The van der Waals surface area contributed by atoms with Crippen LogP contribution in [0, 0.1) is 0 Å². The van der Waals surface area contributed by atoms with E-state index >= 15 is 0 Å². The molecule has 0 spiro atoms. The molecule has 0 N–H and O–H groups in total. The zero-order valence-electron chi connectivity index (χ0n) is 17.8. The van der Waals surface area contributed by atoms with E-state index in [0.29, 0.717) is 27.8 Å². The van der Waals surface area contributed by atoms with Crippen molar-refractivity contribution >= 4 is 40.4 Å². The number of carbonyl (C=O) groups is 2. The highest BCUT2D eigenvalue weighted by molar-refractivity contribution is 6.47. The summed E-state index contributed by atoms with van der Waals surface area (Å²) in [6, 6.07) is 21.3. The number of imide groups is 1. The van der Waals surface area contributed by atoms with Crippen LogP contribution < -0.4 is 19.3 Å². The molecule has 0 saturated carbocycles. The van der Waals surface area contributed by atoms with Gasteiger partial charge < -0.3 is 14.4 Å². The molecule has 162 valence electrons. The Labute approximate surface area is 191 Å². The Morgan fingerprint density at radius 2 is 1.47 bits per heavy atom. The summed E-state index contributed by atoms with van der Waals surface area (Å²) in [4.78, 5) is 30.2. The first kappa shape index (κ1) is 21.5. The van der Waals surface area contributed by atoms with E-state index in [2.05, 4.69) is 0 Å². The number of para-hydroxylation sites is 2. The fraction of sp³-hybridized carbons (Fsp3) is 0.120. The first-order chi connectivity index (χ1) is 15.5. The molecule has 2 amide bonds. The van der Waals surface area contributed by atoms with Crippen molar-refractivity contribution in [3.8, 4) is 11.5 Å². The second kappa shape index (κ2) is 8.77. The predicted octanol–water partition coefficient (Wildman–Crippen LogP) is 4.78. The van der Waals surface area contributed by atoms with Crippen molar-refractivity contribution in [2.24, 2.45) is 0 Å². The highest BCUT2D eigenvalue weighted by Crippen LogP contribution is 2.40. The van der Waals surface area contributed by atoms with E-state index in [-0.39, 0.29) is 11.3 Å². The number of halogens is 1. The third-order valence-electron chi connectivity index (χ3n) is 5.31. The molecule has 1 heterocycles. The van der Waals surface area contributed by atoms with Gasteiger partial charge in [-0.15, -0.1) is 0 Å². The van der Waals surface area contributed by atoms with Gasteiger partial charge in [-0.2, -0.15) is 0 Å². The van der Waals surface area contributed by atoms with E-state index in [1.54, 1.807) is 48.3 Å². The van der Waals surface area contributed by atoms with E-state index in [1.165, 1.54) is 14.2 Å². The predicted molar refractivity (Wildman–Crippen MR) is 125 cm³/mol. The Balaban J connectivity index is 1.90. The quantitative estimate of drug-likeness (QED) is 0.508. The molecule has 32 heavy (non-hydrogen) atoms. The molecule has 0 unspecified atom stereocenters. The van der Waals surface area contributed by atoms with Gasteiger partial charge in [0, 0.05) is 18.3 Å². The second-order valence-electron chi connectivity index (χ2n) is 7.08. The normalized spacial score (nSPS) is 13.6. The van der Waals surface area contributed by atoms with Gasteiger partial charge in [0.25, 0.3) is 11.8 Å². The smallest absolute Gasteiger partial charge is 0.282 e.